The fraction of sp³-hybridized carbons (Fsp3) is 0.455. The first kappa shape index (κ1) is 19.2. The molecule has 0 bridgehead atoms. The van der Waals surface area contributed by atoms with Gasteiger partial charge in [-0.3, -0.25) is 9.59 Å². The van der Waals surface area contributed by atoms with Crippen LogP contribution in [0, 0.1) is 0 Å². The average Bonchev–Trinajstić information content (AvgIpc) is 3.11. The fourth-order valence-electron chi connectivity index (χ4n) is 3.79. The summed E-state index contributed by atoms with van der Waals surface area (Å²) in [6.45, 7) is 2.43. The molecule has 1 aliphatic heterocycles. The number of carbonyl (C=O) groups excluding carboxylic acids is 2. The maximum Gasteiger partial charge on any atom is 0.265 e. The van der Waals surface area contributed by atoms with Gasteiger partial charge in [0.15, 0.2) is 0 Å². The van der Waals surface area contributed by atoms with E-state index in [0.717, 1.165) is 17.7 Å². The van der Waals surface area contributed by atoms with Gasteiger partial charge in [0.25, 0.3) is 11.8 Å². The third-order valence-corrected chi connectivity index (χ3v) is 6.64. The molecule has 1 aliphatic carbocycles. The summed E-state index contributed by atoms with van der Waals surface area (Å²) >= 11 is 1.63. The number of nitrogens with one attached hydrogen (secondary N) is 1. The Labute approximate surface area is 169 Å². The number of anilines is 1. The molecule has 148 valence electrons. The molecule has 2 heterocycles. The molecule has 0 atom stereocenters. The van der Waals surface area contributed by atoms with Crippen LogP contribution in [-0.2, 0) is 17.6 Å². The largest absolute Gasteiger partial charge is 0.378 e. The molecule has 1 fully saturated rings. The first-order valence-corrected chi connectivity index (χ1v) is 10.9. The Hall–Kier alpha value is -2.18. The number of hydrogen-bond donors (Lipinski definition) is 1. The molecular formula is C22H26N2O3S. The Kier molecular flexibility index (Phi) is 6.07. The first-order chi connectivity index (χ1) is 13.7. The van der Waals surface area contributed by atoms with Crippen molar-refractivity contribution in [2.24, 2.45) is 0 Å². The van der Waals surface area contributed by atoms with E-state index in [9.17, 15) is 9.59 Å². The molecule has 2 amide bonds. The molecule has 1 aromatic carbocycles. The molecule has 2 aromatic rings. The Balaban J connectivity index is 1.40. The van der Waals surface area contributed by atoms with Gasteiger partial charge in [0.05, 0.1) is 18.1 Å². The molecular weight excluding hydrogens is 372 g/mol. The number of ether oxygens (including phenoxy) is 1. The Bertz CT molecular complexity index is 812. The maximum absolute atomic E-state index is 12.7. The van der Waals surface area contributed by atoms with Gasteiger partial charge in [-0.2, -0.15) is 0 Å². The van der Waals surface area contributed by atoms with Gasteiger partial charge in [-0.25, -0.2) is 0 Å². The smallest absolute Gasteiger partial charge is 0.265 e. The molecule has 2 aliphatic rings. The highest BCUT2D eigenvalue weighted by atomic mass is 32.1. The number of rotatable bonds is 3. The highest BCUT2D eigenvalue weighted by Crippen LogP contribution is 2.29. The average molecular weight is 399 g/mol. The molecule has 0 saturated carbocycles. The molecule has 28 heavy (non-hydrogen) atoms. The standard InChI is InChI=1S/C22H26N2O3S/c25-21(20-15-17-5-3-1-2-4-6-19(17)28-20)23-18-9-7-16(8-10-18)22(26)24-11-13-27-14-12-24/h7-10,15H,1-6,11-14H2,(H,23,25). The SMILES string of the molecule is O=C(Nc1ccc(C(=O)N2CCOCC2)cc1)c1cc2c(s1)CCCCCC2. The molecule has 1 saturated heterocycles. The van der Waals surface area contributed by atoms with E-state index in [2.05, 4.69) is 11.4 Å². The second-order valence-electron chi connectivity index (χ2n) is 7.41. The number of benzene rings is 1. The number of thiophene rings is 1. The molecule has 5 nitrogen and oxygen atoms in total. The molecule has 6 heteroatoms. The lowest BCUT2D eigenvalue weighted by Gasteiger charge is -2.26. The zero-order valence-corrected chi connectivity index (χ0v) is 16.9. The lowest BCUT2D eigenvalue weighted by Crippen LogP contribution is -2.40. The van der Waals surface area contributed by atoms with Crippen molar-refractivity contribution in [3.05, 3.63) is 51.2 Å². The van der Waals surface area contributed by atoms with Crippen molar-refractivity contribution in [3.8, 4) is 0 Å². The van der Waals surface area contributed by atoms with Gasteiger partial charge in [-0.15, -0.1) is 11.3 Å². The highest BCUT2D eigenvalue weighted by molar-refractivity contribution is 7.14. The van der Waals surface area contributed by atoms with E-state index in [4.69, 9.17) is 4.74 Å². The van der Waals surface area contributed by atoms with E-state index in [1.165, 1.54) is 36.1 Å². The highest BCUT2D eigenvalue weighted by Gasteiger charge is 2.19. The fourth-order valence-corrected chi connectivity index (χ4v) is 4.94. The molecule has 0 spiro atoms. The Morgan fingerprint density at radius 3 is 2.43 bits per heavy atom. The number of hydrogen-bond acceptors (Lipinski definition) is 4. The maximum atomic E-state index is 12.7. The van der Waals surface area contributed by atoms with Gasteiger partial charge in [-0.05, 0) is 61.6 Å². The van der Waals surface area contributed by atoms with Crippen molar-refractivity contribution in [2.75, 3.05) is 31.6 Å². The molecule has 0 unspecified atom stereocenters. The van der Waals surface area contributed by atoms with E-state index in [1.807, 2.05) is 0 Å². The molecule has 1 aromatic heterocycles. The summed E-state index contributed by atoms with van der Waals surface area (Å²) < 4.78 is 5.29. The quantitative estimate of drug-likeness (QED) is 0.846. The van der Waals surface area contributed by atoms with Crippen molar-refractivity contribution in [1.29, 1.82) is 0 Å². The van der Waals surface area contributed by atoms with Crippen LogP contribution >= 0.6 is 11.3 Å². The predicted octanol–water partition coefficient (Wildman–Crippen LogP) is 4.13. The van der Waals surface area contributed by atoms with Crippen molar-refractivity contribution < 1.29 is 14.3 Å². The van der Waals surface area contributed by atoms with Gasteiger partial charge in [-0.1, -0.05) is 12.8 Å². The summed E-state index contributed by atoms with van der Waals surface area (Å²) in [6.07, 6.45) is 7.17. The molecule has 1 N–H and O–H groups in total. The summed E-state index contributed by atoms with van der Waals surface area (Å²) in [5, 5.41) is 2.97. The Morgan fingerprint density at radius 1 is 0.964 bits per heavy atom. The van der Waals surface area contributed by atoms with Crippen molar-refractivity contribution in [3.63, 3.8) is 0 Å². The van der Waals surface area contributed by atoms with Crippen molar-refractivity contribution in [2.45, 2.75) is 38.5 Å². The van der Waals surface area contributed by atoms with E-state index < -0.39 is 0 Å². The van der Waals surface area contributed by atoms with Crippen LogP contribution in [0.5, 0.6) is 0 Å². The van der Waals surface area contributed by atoms with Crippen LogP contribution in [0.15, 0.2) is 30.3 Å². The van der Waals surface area contributed by atoms with Crippen LogP contribution in [0.1, 0.15) is 56.2 Å². The van der Waals surface area contributed by atoms with Crippen molar-refractivity contribution in [1.82, 2.24) is 4.90 Å². The molecule has 0 radical (unpaired) electrons. The summed E-state index contributed by atoms with van der Waals surface area (Å²) in [4.78, 5) is 29.1. The number of fused-ring (bicyclic) bond motifs is 1. The van der Waals surface area contributed by atoms with Gasteiger partial charge in [0.1, 0.15) is 0 Å². The predicted molar refractivity (Wildman–Crippen MR) is 111 cm³/mol. The topological polar surface area (TPSA) is 58.6 Å². The second kappa shape index (κ2) is 8.88. The minimum absolute atomic E-state index is 0.0132. The first-order valence-electron chi connectivity index (χ1n) is 10.1. The summed E-state index contributed by atoms with van der Waals surface area (Å²) in [7, 11) is 0. The van der Waals surface area contributed by atoms with E-state index in [1.54, 1.807) is 40.5 Å². The van der Waals surface area contributed by atoms with Crippen LogP contribution < -0.4 is 5.32 Å². The summed E-state index contributed by atoms with van der Waals surface area (Å²) in [5.41, 5.74) is 2.70. The van der Waals surface area contributed by atoms with Crippen LogP contribution in [0.2, 0.25) is 0 Å². The lowest BCUT2D eigenvalue weighted by atomic mass is 10.00. The van der Waals surface area contributed by atoms with E-state index in [-0.39, 0.29) is 11.8 Å². The van der Waals surface area contributed by atoms with Gasteiger partial charge >= 0.3 is 0 Å². The minimum atomic E-state index is -0.0657. The van der Waals surface area contributed by atoms with Crippen LogP contribution in [0.4, 0.5) is 5.69 Å². The third-order valence-electron chi connectivity index (χ3n) is 5.41. The zero-order chi connectivity index (χ0) is 19.3. The van der Waals surface area contributed by atoms with Gasteiger partial charge in [0.2, 0.25) is 0 Å². The lowest BCUT2D eigenvalue weighted by molar-refractivity contribution is 0.0303. The van der Waals surface area contributed by atoms with Gasteiger partial charge in [0, 0.05) is 29.2 Å². The van der Waals surface area contributed by atoms with Crippen LogP contribution in [0.3, 0.4) is 0 Å². The number of morpholine rings is 1. The Morgan fingerprint density at radius 2 is 1.68 bits per heavy atom. The van der Waals surface area contributed by atoms with Gasteiger partial charge < -0.3 is 15.0 Å². The van der Waals surface area contributed by atoms with E-state index in [0.29, 0.717) is 37.6 Å². The van der Waals surface area contributed by atoms with E-state index >= 15 is 0 Å². The van der Waals surface area contributed by atoms with Crippen LogP contribution in [-0.4, -0.2) is 43.0 Å². The number of carbonyl (C=O) groups is 2. The summed E-state index contributed by atoms with van der Waals surface area (Å²) in [5.74, 6) is -0.0526. The second-order valence-corrected chi connectivity index (χ2v) is 8.55. The molecule has 4 rings (SSSR count). The van der Waals surface area contributed by atoms with Crippen LogP contribution in [0.25, 0.3) is 0 Å². The summed E-state index contributed by atoms with van der Waals surface area (Å²) in [6, 6.07) is 9.23. The number of aryl methyl sites for hydroxylation is 2. The third kappa shape index (κ3) is 4.45. The van der Waals surface area contributed by atoms with Crippen molar-refractivity contribution >= 4 is 28.8 Å². The normalized spacial score (nSPS) is 17.4. The number of nitrogens with zero attached hydrogens (tertiary/aromatic N) is 1. The number of amides is 2. The monoisotopic (exact) mass is 398 g/mol. The minimum Gasteiger partial charge on any atom is -0.378 e. The zero-order valence-electron chi connectivity index (χ0n) is 16.0.